The van der Waals surface area contributed by atoms with Crippen LogP contribution in [-0.4, -0.2) is 34.0 Å². The van der Waals surface area contributed by atoms with Crippen molar-refractivity contribution in [2.75, 3.05) is 13.2 Å². The summed E-state index contributed by atoms with van der Waals surface area (Å²) in [6, 6.07) is 0.588. The van der Waals surface area contributed by atoms with Gasteiger partial charge in [0.1, 0.15) is 12.4 Å². The number of aromatic nitrogens is 3. The van der Waals surface area contributed by atoms with Gasteiger partial charge in [-0.2, -0.15) is 0 Å². The van der Waals surface area contributed by atoms with Gasteiger partial charge >= 0.3 is 0 Å². The third kappa shape index (κ3) is 1.97. The number of nitrogens with zero attached hydrogens (tertiary/aromatic N) is 3. The van der Waals surface area contributed by atoms with E-state index in [2.05, 4.69) is 20.1 Å². The van der Waals surface area contributed by atoms with Crippen LogP contribution in [0, 0.1) is 0 Å². The maximum absolute atomic E-state index is 5.36. The highest BCUT2D eigenvalue weighted by atomic mass is 16.5. The first-order valence-electron chi connectivity index (χ1n) is 6.15. The molecule has 2 aliphatic heterocycles. The summed E-state index contributed by atoms with van der Waals surface area (Å²) < 4.78 is 7.58. The van der Waals surface area contributed by atoms with Crippen LogP contribution in [0.25, 0.3) is 0 Å². The molecule has 0 saturated carbocycles. The molecule has 2 aliphatic rings. The lowest BCUT2D eigenvalue weighted by Gasteiger charge is -2.23. The van der Waals surface area contributed by atoms with E-state index >= 15 is 0 Å². The van der Waals surface area contributed by atoms with E-state index in [9.17, 15) is 0 Å². The minimum atomic E-state index is 0.588. The van der Waals surface area contributed by atoms with Crippen molar-refractivity contribution in [2.24, 2.45) is 0 Å². The van der Waals surface area contributed by atoms with Crippen LogP contribution in [0.4, 0.5) is 0 Å². The van der Waals surface area contributed by atoms with Gasteiger partial charge in [0, 0.05) is 19.0 Å². The first-order chi connectivity index (χ1) is 7.93. The SMILES string of the molecule is C1CCC(Cc2nnc3n2CCOC3)NC1. The number of hydrogen-bond donors (Lipinski definition) is 1. The summed E-state index contributed by atoms with van der Waals surface area (Å²) in [6.07, 6.45) is 4.91. The van der Waals surface area contributed by atoms with E-state index in [4.69, 9.17) is 4.74 Å². The number of piperidine rings is 1. The lowest BCUT2D eigenvalue weighted by atomic mass is 10.0. The largest absolute Gasteiger partial charge is 0.372 e. The van der Waals surface area contributed by atoms with Gasteiger partial charge in [0.15, 0.2) is 5.82 Å². The van der Waals surface area contributed by atoms with Crippen molar-refractivity contribution in [3.05, 3.63) is 11.6 Å². The van der Waals surface area contributed by atoms with Crippen LogP contribution in [0.5, 0.6) is 0 Å². The quantitative estimate of drug-likeness (QED) is 0.791. The van der Waals surface area contributed by atoms with Gasteiger partial charge in [0.05, 0.1) is 6.61 Å². The number of hydrogen-bond acceptors (Lipinski definition) is 4. The molecule has 88 valence electrons. The number of nitrogens with one attached hydrogen (secondary N) is 1. The third-order valence-corrected chi connectivity index (χ3v) is 3.44. The Morgan fingerprint density at radius 1 is 1.38 bits per heavy atom. The summed E-state index contributed by atoms with van der Waals surface area (Å²) in [5.41, 5.74) is 0. The topological polar surface area (TPSA) is 52.0 Å². The normalized spacial score (nSPS) is 25.4. The Hall–Kier alpha value is -0.940. The minimum absolute atomic E-state index is 0.588. The minimum Gasteiger partial charge on any atom is -0.372 e. The van der Waals surface area contributed by atoms with Gasteiger partial charge in [0.25, 0.3) is 0 Å². The van der Waals surface area contributed by atoms with Crippen LogP contribution >= 0.6 is 0 Å². The highest BCUT2D eigenvalue weighted by Gasteiger charge is 2.20. The summed E-state index contributed by atoms with van der Waals surface area (Å²) in [5, 5.41) is 12.0. The average molecular weight is 222 g/mol. The first kappa shape index (κ1) is 10.2. The average Bonchev–Trinajstić information content (AvgIpc) is 2.74. The molecule has 3 rings (SSSR count). The molecule has 1 N–H and O–H groups in total. The van der Waals surface area contributed by atoms with Gasteiger partial charge in [-0.3, -0.25) is 0 Å². The van der Waals surface area contributed by atoms with Crippen LogP contribution in [0.3, 0.4) is 0 Å². The molecule has 16 heavy (non-hydrogen) atoms. The van der Waals surface area contributed by atoms with Gasteiger partial charge in [-0.15, -0.1) is 10.2 Å². The van der Waals surface area contributed by atoms with Crippen molar-refractivity contribution in [1.29, 1.82) is 0 Å². The van der Waals surface area contributed by atoms with E-state index in [1.165, 1.54) is 19.3 Å². The van der Waals surface area contributed by atoms with Crippen molar-refractivity contribution < 1.29 is 4.74 Å². The Bertz CT molecular complexity index is 357. The Kier molecular flexibility index (Phi) is 2.88. The number of rotatable bonds is 2. The fraction of sp³-hybridized carbons (Fsp3) is 0.818. The molecule has 1 saturated heterocycles. The fourth-order valence-electron chi connectivity index (χ4n) is 2.53. The highest BCUT2D eigenvalue weighted by Crippen LogP contribution is 2.14. The van der Waals surface area contributed by atoms with Crippen LogP contribution in [0.2, 0.25) is 0 Å². The summed E-state index contributed by atoms with van der Waals surface area (Å²) in [4.78, 5) is 0. The second-order valence-corrected chi connectivity index (χ2v) is 4.59. The molecule has 1 aromatic rings. The zero-order chi connectivity index (χ0) is 10.8. The van der Waals surface area contributed by atoms with E-state index in [1.54, 1.807) is 0 Å². The third-order valence-electron chi connectivity index (χ3n) is 3.44. The molecule has 0 aromatic carbocycles. The molecular formula is C11H18N4O. The molecular weight excluding hydrogens is 204 g/mol. The summed E-state index contributed by atoms with van der Waals surface area (Å²) in [6.45, 7) is 3.46. The van der Waals surface area contributed by atoms with Crippen LogP contribution in [-0.2, 0) is 24.3 Å². The van der Waals surface area contributed by atoms with Gasteiger partial charge in [0.2, 0.25) is 0 Å². The Labute approximate surface area is 95.2 Å². The molecule has 1 atom stereocenters. The van der Waals surface area contributed by atoms with E-state index in [0.29, 0.717) is 12.6 Å². The molecule has 0 spiro atoms. The maximum atomic E-state index is 5.36. The molecule has 5 heteroatoms. The zero-order valence-corrected chi connectivity index (χ0v) is 9.48. The molecule has 5 nitrogen and oxygen atoms in total. The van der Waals surface area contributed by atoms with Crippen molar-refractivity contribution in [1.82, 2.24) is 20.1 Å². The zero-order valence-electron chi connectivity index (χ0n) is 9.48. The predicted molar refractivity (Wildman–Crippen MR) is 59.0 cm³/mol. The second kappa shape index (κ2) is 4.51. The molecule has 0 radical (unpaired) electrons. The van der Waals surface area contributed by atoms with Gasteiger partial charge < -0.3 is 14.6 Å². The number of fused-ring (bicyclic) bond motifs is 1. The molecule has 1 fully saturated rings. The lowest BCUT2D eigenvalue weighted by molar-refractivity contribution is 0.0804. The van der Waals surface area contributed by atoms with Crippen LogP contribution in [0.1, 0.15) is 30.9 Å². The van der Waals surface area contributed by atoms with Gasteiger partial charge in [-0.25, -0.2) is 0 Å². The van der Waals surface area contributed by atoms with Crippen LogP contribution in [0.15, 0.2) is 0 Å². The Balaban J connectivity index is 1.71. The highest BCUT2D eigenvalue weighted by molar-refractivity contribution is 4.99. The fourth-order valence-corrected chi connectivity index (χ4v) is 2.53. The van der Waals surface area contributed by atoms with Gasteiger partial charge in [-0.1, -0.05) is 6.42 Å². The number of ether oxygens (including phenoxy) is 1. The van der Waals surface area contributed by atoms with E-state index < -0.39 is 0 Å². The second-order valence-electron chi connectivity index (χ2n) is 4.59. The van der Waals surface area contributed by atoms with E-state index in [1.807, 2.05) is 0 Å². The summed E-state index contributed by atoms with van der Waals surface area (Å²) in [5.74, 6) is 2.11. The van der Waals surface area contributed by atoms with Crippen molar-refractivity contribution in [2.45, 2.75) is 44.9 Å². The standard InChI is InChI=1S/C11H18N4O/c1-2-4-12-9(3-1)7-10-13-14-11-8-16-6-5-15(10)11/h9,12H,1-8H2. The van der Waals surface area contributed by atoms with E-state index in [0.717, 1.165) is 37.8 Å². The van der Waals surface area contributed by atoms with E-state index in [-0.39, 0.29) is 0 Å². The molecule has 0 amide bonds. The van der Waals surface area contributed by atoms with Crippen molar-refractivity contribution in [3.8, 4) is 0 Å². The Morgan fingerprint density at radius 3 is 3.25 bits per heavy atom. The van der Waals surface area contributed by atoms with Gasteiger partial charge in [-0.05, 0) is 19.4 Å². The molecule has 0 bridgehead atoms. The summed E-state index contributed by atoms with van der Waals surface area (Å²) in [7, 11) is 0. The monoisotopic (exact) mass is 222 g/mol. The maximum Gasteiger partial charge on any atom is 0.159 e. The Morgan fingerprint density at radius 2 is 2.38 bits per heavy atom. The lowest BCUT2D eigenvalue weighted by Crippen LogP contribution is -2.36. The van der Waals surface area contributed by atoms with Crippen molar-refractivity contribution in [3.63, 3.8) is 0 Å². The van der Waals surface area contributed by atoms with Crippen molar-refractivity contribution >= 4 is 0 Å². The smallest absolute Gasteiger partial charge is 0.159 e. The predicted octanol–water partition coefficient (Wildman–Crippen LogP) is 0.493. The molecule has 1 unspecified atom stereocenters. The van der Waals surface area contributed by atoms with Crippen LogP contribution < -0.4 is 5.32 Å². The molecule has 3 heterocycles. The molecule has 1 aromatic heterocycles. The first-order valence-corrected chi connectivity index (χ1v) is 6.15. The summed E-state index contributed by atoms with van der Waals surface area (Å²) >= 11 is 0. The molecule has 0 aliphatic carbocycles.